The molecule has 1 aliphatic rings. The zero-order valence-electron chi connectivity index (χ0n) is 16.3. The number of nitrogens with zero attached hydrogens (tertiary/aromatic N) is 1. The summed E-state index contributed by atoms with van der Waals surface area (Å²) in [5.41, 5.74) is 3.01. The summed E-state index contributed by atoms with van der Waals surface area (Å²) in [4.78, 5) is 37.6. The highest BCUT2D eigenvalue weighted by molar-refractivity contribution is 8.26. The van der Waals surface area contributed by atoms with Gasteiger partial charge in [0.05, 0.1) is 4.91 Å². The number of carbonyl (C=O) groups excluding carboxylic acids is 2. The Morgan fingerprint density at radius 1 is 1.20 bits per heavy atom. The molecule has 0 radical (unpaired) electrons. The molecule has 1 aliphatic heterocycles. The first kappa shape index (κ1) is 21.7. The van der Waals surface area contributed by atoms with Gasteiger partial charge in [-0.2, -0.15) is 0 Å². The van der Waals surface area contributed by atoms with Gasteiger partial charge in [0.2, 0.25) is 0 Å². The lowest BCUT2D eigenvalue weighted by Gasteiger charge is -2.13. The van der Waals surface area contributed by atoms with Gasteiger partial charge in [-0.15, -0.1) is 0 Å². The number of aryl methyl sites for hydroxylation is 1. The molecule has 0 aromatic heterocycles. The molecule has 1 saturated heterocycles. The molecular formula is C22H20N2O4S2. The molecule has 30 heavy (non-hydrogen) atoms. The van der Waals surface area contributed by atoms with Crippen LogP contribution in [0.1, 0.15) is 34.3 Å². The summed E-state index contributed by atoms with van der Waals surface area (Å²) in [6, 6.07) is 14.5. The average molecular weight is 441 g/mol. The number of hydrogen-bond donors (Lipinski definition) is 2. The molecule has 0 spiro atoms. The Morgan fingerprint density at radius 2 is 1.93 bits per heavy atom. The lowest BCUT2D eigenvalue weighted by atomic mass is 10.1. The number of hydrogen-bond acceptors (Lipinski definition) is 5. The highest BCUT2D eigenvalue weighted by Gasteiger charge is 2.31. The Bertz CT molecular complexity index is 1030. The van der Waals surface area contributed by atoms with Crippen molar-refractivity contribution in [2.24, 2.45) is 0 Å². The second kappa shape index (κ2) is 9.69. The summed E-state index contributed by atoms with van der Waals surface area (Å²) >= 11 is 6.45. The van der Waals surface area contributed by atoms with Crippen molar-refractivity contribution in [1.29, 1.82) is 0 Å². The second-order valence-electron chi connectivity index (χ2n) is 6.78. The van der Waals surface area contributed by atoms with Gasteiger partial charge in [-0.25, -0.2) is 0 Å². The van der Waals surface area contributed by atoms with E-state index in [1.165, 1.54) is 16.7 Å². The molecular weight excluding hydrogens is 420 g/mol. The molecule has 2 aromatic carbocycles. The fraction of sp³-hybridized carbons (Fsp3) is 0.182. The van der Waals surface area contributed by atoms with E-state index in [0.717, 1.165) is 11.1 Å². The van der Waals surface area contributed by atoms with E-state index in [0.29, 0.717) is 26.9 Å². The molecule has 0 saturated carbocycles. The van der Waals surface area contributed by atoms with E-state index in [1.54, 1.807) is 36.4 Å². The van der Waals surface area contributed by atoms with E-state index in [2.05, 4.69) is 5.32 Å². The molecule has 0 unspecified atom stereocenters. The Labute approximate surface area is 184 Å². The predicted molar refractivity (Wildman–Crippen MR) is 122 cm³/mol. The van der Waals surface area contributed by atoms with Crippen LogP contribution in [0.4, 0.5) is 5.69 Å². The lowest BCUT2D eigenvalue weighted by molar-refractivity contribution is -0.137. The number of carboxylic acids is 1. The van der Waals surface area contributed by atoms with Crippen LogP contribution in [0.25, 0.3) is 6.08 Å². The van der Waals surface area contributed by atoms with E-state index in [4.69, 9.17) is 17.3 Å². The quantitative estimate of drug-likeness (QED) is 0.493. The smallest absolute Gasteiger partial charge is 0.303 e. The van der Waals surface area contributed by atoms with E-state index in [1.807, 2.05) is 25.1 Å². The first-order chi connectivity index (χ1) is 14.3. The monoisotopic (exact) mass is 440 g/mol. The first-order valence-electron chi connectivity index (χ1n) is 9.29. The van der Waals surface area contributed by atoms with E-state index < -0.39 is 5.97 Å². The molecule has 1 heterocycles. The van der Waals surface area contributed by atoms with Gasteiger partial charge < -0.3 is 10.4 Å². The molecule has 0 bridgehead atoms. The highest BCUT2D eigenvalue weighted by Crippen LogP contribution is 2.33. The van der Waals surface area contributed by atoms with Gasteiger partial charge in [-0.3, -0.25) is 19.3 Å². The van der Waals surface area contributed by atoms with Crippen molar-refractivity contribution >= 4 is 57.8 Å². The Balaban J connectivity index is 1.69. The van der Waals surface area contributed by atoms with Crippen LogP contribution in [0, 0.1) is 6.92 Å². The minimum Gasteiger partial charge on any atom is -0.481 e. The van der Waals surface area contributed by atoms with Crippen molar-refractivity contribution in [1.82, 2.24) is 4.90 Å². The number of thiocarbonyl (C=S) groups is 1. The molecule has 8 heteroatoms. The zero-order valence-corrected chi connectivity index (χ0v) is 17.9. The van der Waals surface area contributed by atoms with Crippen LogP contribution < -0.4 is 5.32 Å². The minimum absolute atomic E-state index is 0.0150. The Kier molecular flexibility index (Phi) is 7.02. The van der Waals surface area contributed by atoms with Crippen LogP contribution in [-0.4, -0.2) is 38.7 Å². The maximum absolute atomic E-state index is 12.6. The zero-order chi connectivity index (χ0) is 21.7. The fourth-order valence-electron chi connectivity index (χ4n) is 2.85. The van der Waals surface area contributed by atoms with Gasteiger partial charge in [0.1, 0.15) is 4.32 Å². The largest absolute Gasteiger partial charge is 0.481 e. The van der Waals surface area contributed by atoms with E-state index in [9.17, 15) is 14.4 Å². The average Bonchev–Trinajstić information content (AvgIpc) is 2.96. The number of nitrogens with one attached hydrogen (secondary N) is 1. The Hall–Kier alpha value is -2.97. The summed E-state index contributed by atoms with van der Waals surface area (Å²) in [7, 11) is 0. The molecule has 154 valence electrons. The van der Waals surface area contributed by atoms with Crippen LogP contribution in [0.3, 0.4) is 0 Å². The van der Waals surface area contributed by atoms with Crippen molar-refractivity contribution in [3.05, 3.63) is 70.1 Å². The fourth-order valence-corrected chi connectivity index (χ4v) is 4.16. The molecule has 2 N–H and O–H groups in total. The van der Waals surface area contributed by atoms with Gasteiger partial charge in [-0.05, 0) is 49.2 Å². The minimum atomic E-state index is -0.902. The summed E-state index contributed by atoms with van der Waals surface area (Å²) < 4.78 is 0.417. The van der Waals surface area contributed by atoms with Crippen LogP contribution in [-0.2, 0) is 9.59 Å². The maximum atomic E-state index is 12.6. The number of rotatable bonds is 7. The number of aliphatic carboxylic acids is 1. The number of thioether (sulfide) groups is 1. The number of carbonyl (C=O) groups is 3. The summed E-state index contributed by atoms with van der Waals surface area (Å²) in [6.07, 6.45) is 2.05. The van der Waals surface area contributed by atoms with Crippen LogP contribution in [0.2, 0.25) is 0 Å². The normalized spacial score (nSPS) is 15.0. The van der Waals surface area contributed by atoms with Crippen LogP contribution in [0.5, 0.6) is 0 Å². The van der Waals surface area contributed by atoms with Crippen molar-refractivity contribution in [3.63, 3.8) is 0 Å². The van der Waals surface area contributed by atoms with E-state index >= 15 is 0 Å². The molecule has 2 amide bonds. The number of anilines is 1. The van der Waals surface area contributed by atoms with Crippen molar-refractivity contribution in [2.75, 3.05) is 11.9 Å². The van der Waals surface area contributed by atoms with Gasteiger partial charge >= 0.3 is 5.97 Å². The third kappa shape index (κ3) is 5.55. The standard InChI is InChI=1S/C22H20N2O4S2/c1-14-7-9-16(10-8-14)20(27)23-17-5-2-4-15(12-17)13-18-21(28)24(22(29)30-18)11-3-6-19(25)26/h2,4-5,7-10,12-13H,3,6,11H2,1H3,(H,23,27)(H,25,26)/b18-13-. The molecule has 2 aromatic rings. The number of benzene rings is 2. The van der Waals surface area contributed by atoms with Gasteiger partial charge in [0.25, 0.3) is 11.8 Å². The molecule has 3 rings (SSSR count). The van der Waals surface area contributed by atoms with Gasteiger partial charge in [-0.1, -0.05) is 53.8 Å². The number of amides is 2. The van der Waals surface area contributed by atoms with Crippen molar-refractivity contribution in [3.8, 4) is 0 Å². The van der Waals surface area contributed by atoms with Crippen LogP contribution >= 0.6 is 24.0 Å². The molecule has 0 aliphatic carbocycles. The Morgan fingerprint density at radius 3 is 2.63 bits per heavy atom. The lowest BCUT2D eigenvalue weighted by Crippen LogP contribution is -2.29. The topological polar surface area (TPSA) is 86.7 Å². The third-order valence-electron chi connectivity index (χ3n) is 4.40. The number of carboxylic acid groups (broad SMARTS) is 1. The molecule has 6 nitrogen and oxygen atoms in total. The second-order valence-corrected chi connectivity index (χ2v) is 8.45. The van der Waals surface area contributed by atoms with E-state index in [-0.39, 0.29) is 24.8 Å². The van der Waals surface area contributed by atoms with Crippen molar-refractivity contribution in [2.45, 2.75) is 19.8 Å². The third-order valence-corrected chi connectivity index (χ3v) is 5.78. The highest BCUT2D eigenvalue weighted by atomic mass is 32.2. The van der Waals surface area contributed by atoms with Crippen LogP contribution in [0.15, 0.2) is 53.4 Å². The molecule has 0 atom stereocenters. The summed E-state index contributed by atoms with van der Waals surface area (Å²) in [5.74, 6) is -1.35. The van der Waals surface area contributed by atoms with Crippen molar-refractivity contribution < 1.29 is 19.5 Å². The first-order valence-corrected chi connectivity index (χ1v) is 10.5. The maximum Gasteiger partial charge on any atom is 0.303 e. The SMILES string of the molecule is Cc1ccc(C(=O)Nc2cccc(/C=C3\SC(=S)N(CCCC(=O)O)C3=O)c2)cc1. The summed E-state index contributed by atoms with van der Waals surface area (Å²) in [5, 5.41) is 11.6. The van der Waals surface area contributed by atoms with Gasteiger partial charge in [0.15, 0.2) is 0 Å². The summed E-state index contributed by atoms with van der Waals surface area (Å²) in [6.45, 7) is 2.24. The van der Waals surface area contributed by atoms with Gasteiger partial charge in [0, 0.05) is 24.2 Å². The predicted octanol–water partition coefficient (Wildman–Crippen LogP) is 4.31. The molecule has 1 fully saturated rings.